The molecule has 3 heterocycles. The lowest BCUT2D eigenvalue weighted by Gasteiger charge is -2.08. The molecule has 0 unspecified atom stereocenters. The van der Waals surface area contributed by atoms with Crippen molar-refractivity contribution in [3.8, 4) is 22.1 Å². The topological polar surface area (TPSA) is 74.4 Å². The molecule has 0 fully saturated rings. The van der Waals surface area contributed by atoms with Crippen LogP contribution in [0.2, 0.25) is 0 Å². The van der Waals surface area contributed by atoms with Gasteiger partial charge in [-0.2, -0.15) is 9.61 Å². The molecule has 0 saturated carbocycles. The first-order valence-corrected chi connectivity index (χ1v) is 10.3. The number of benzene rings is 2. The normalized spacial score (nSPS) is 11.3. The van der Waals surface area contributed by atoms with Gasteiger partial charge in [-0.15, -0.1) is 10.2 Å². The summed E-state index contributed by atoms with van der Waals surface area (Å²) in [4.78, 5) is 5.39. The van der Waals surface area contributed by atoms with Crippen molar-refractivity contribution >= 4 is 27.2 Å². The Labute approximate surface area is 176 Å². The molecule has 0 bridgehead atoms. The number of para-hydroxylation sites is 1. The quantitative estimate of drug-likeness (QED) is 0.424. The molecule has 2 aromatic carbocycles. The Hall–Kier alpha value is -3.52. The van der Waals surface area contributed by atoms with Crippen molar-refractivity contribution in [1.82, 2.24) is 24.8 Å². The van der Waals surface area contributed by atoms with Crippen LogP contribution < -0.4 is 9.47 Å². The first-order valence-electron chi connectivity index (χ1n) is 9.45. The summed E-state index contributed by atoms with van der Waals surface area (Å²) >= 11 is 1.52. The average Bonchev–Trinajstić information content (AvgIpc) is 3.35. The third kappa shape index (κ3) is 3.15. The van der Waals surface area contributed by atoms with E-state index in [1.165, 1.54) is 11.3 Å². The summed E-state index contributed by atoms with van der Waals surface area (Å²) in [6, 6.07) is 16.0. The standard InChI is InChI=1S/C22H19N5O2S/c1-13-10-16(15-6-4-5-7-17(15)23-13)21-26-27-20(24-25-22(27)30-21)12-14-8-9-18(28-2)19(11-14)29-3/h4-11H,12H2,1-3H3. The molecule has 150 valence electrons. The first-order chi connectivity index (χ1) is 14.7. The maximum absolute atomic E-state index is 5.41. The zero-order chi connectivity index (χ0) is 20.7. The van der Waals surface area contributed by atoms with E-state index in [2.05, 4.69) is 27.3 Å². The molecule has 0 aliphatic carbocycles. The predicted octanol–water partition coefficient (Wildman–Crippen LogP) is 4.32. The first kappa shape index (κ1) is 18.5. The molecule has 30 heavy (non-hydrogen) atoms. The summed E-state index contributed by atoms with van der Waals surface area (Å²) in [6.07, 6.45) is 0.584. The van der Waals surface area contributed by atoms with Crippen molar-refractivity contribution in [2.75, 3.05) is 14.2 Å². The van der Waals surface area contributed by atoms with Crippen LogP contribution in [0.15, 0.2) is 48.5 Å². The van der Waals surface area contributed by atoms with E-state index in [0.717, 1.165) is 43.5 Å². The Morgan fingerprint density at radius 3 is 2.63 bits per heavy atom. The Balaban J connectivity index is 1.55. The van der Waals surface area contributed by atoms with Crippen molar-refractivity contribution in [1.29, 1.82) is 0 Å². The number of pyridine rings is 1. The summed E-state index contributed by atoms with van der Waals surface area (Å²) in [7, 11) is 3.26. The molecule has 8 heteroatoms. The SMILES string of the molecule is COc1ccc(Cc2nnc3sc(-c4cc(C)nc5ccccc45)nn23)cc1OC. The molecular weight excluding hydrogens is 398 g/mol. The molecule has 3 aromatic heterocycles. The van der Waals surface area contributed by atoms with Crippen molar-refractivity contribution in [3.63, 3.8) is 0 Å². The van der Waals surface area contributed by atoms with Crippen LogP contribution in [0.5, 0.6) is 11.5 Å². The largest absolute Gasteiger partial charge is 0.493 e. The summed E-state index contributed by atoms with van der Waals surface area (Å²) in [6.45, 7) is 2.00. The average molecular weight is 417 g/mol. The van der Waals surface area contributed by atoms with Crippen molar-refractivity contribution < 1.29 is 9.47 Å². The van der Waals surface area contributed by atoms with E-state index < -0.39 is 0 Å². The molecule has 0 radical (unpaired) electrons. The van der Waals surface area contributed by atoms with Crippen LogP contribution in [-0.4, -0.2) is 39.0 Å². The monoisotopic (exact) mass is 417 g/mol. The number of aromatic nitrogens is 5. The fourth-order valence-electron chi connectivity index (χ4n) is 3.53. The molecule has 5 rings (SSSR count). The van der Waals surface area contributed by atoms with Gasteiger partial charge in [0.25, 0.3) is 0 Å². The Morgan fingerprint density at radius 1 is 0.967 bits per heavy atom. The summed E-state index contributed by atoms with van der Waals surface area (Å²) in [5, 5.41) is 15.5. The molecule has 5 aromatic rings. The van der Waals surface area contributed by atoms with E-state index in [1.807, 2.05) is 47.8 Å². The second-order valence-corrected chi connectivity index (χ2v) is 7.87. The van der Waals surface area contributed by atoms with Crippen LogP contribution >= 0.6 is 11.3 Å². The molecule has 0 spiro atoms. The minimum atomic E-state index is 0.584. The third-order valence-corrected chi connectivity index (χ3v) is 5.87. The highest BCUT2D eigenvalue weighted by atomic mass is 32.1. The highest BCUT2D eigenvalue weighted by Gasteiger charge is 2.16. The van der Waals surface area contributed by atoms with Gasteiger partial charge in [0, 0.05) is 23.1 Å². The molecule has 0 amide bonds. The predicted molar refractivity (Wildman–Crippen MR) is 116 cm³/mol. The number of nitrogens with zero attached hydrogens (tertiary/aromatic N) is 5. The van der Waals surface area contributed by atoms with Crippen LogP contribution in [0.3, 0.4) is 0 Å². The maximum atomic E-state index is 5.41. The molecule has 0 N–H and O–H groups in total. The van der Waals surface area contributed by atoms with Crippen molar-refractivity contribution in [2.45, 2.75) is 13.3 Å². The zero-order valence-corrected chi connectivity index (χ0v) is 17.6. The van der Waals surface area contributed by atoms with Crippen molar-refractivity contribution in [3.05, 3.63) is 65.6 Å². The number of methoxy groups -OCH3 is 2. The number of aryl methyl sites for hydroxylation is 1. The van der Waals surface area contributed by atoms with Crippen LogP contribution in [0.25, 0.3) is 26.4 Å². The fraction of sp³-hybridized carbons (Fsp3) is 0.182. The van der Waals surface area contributed by atoms with Gasteiger partial charge in [-0.3, -0.25) is 4.98 Å². The third-order valence-electron chi connectivity index (χ3n) is 4.94. The Kier molecular flexibility index (Phi) is 4.55. The van der Waals surface area contributed by atoms with Gasteiger partial charge in [0.05, 0.1) is 19.7 Å². The minimum Gasteiger partial charge on any atom is -0.493 e. The molecule has 0 aliphatic rings. The molecule has 0 aliphatic heterocycles. The lowest BCUT2D eigenvalue weighted by Crippen LogP contribution is -1.99. The van der Waals surface area contributed by atoms with Crippen molar-refractivity contribution in [2.24, 2.45) is 0 Å². The summed E-state index contributed by atoms with van der Waals surface area (Å²) in [5.41, 5.74) is 4.02. The number of ether oxygens (including phenoxy) is 2. The fourth-order valence-corrected chi connectivity index (χ4v) is 4.42. The molecule has 7 nitrogen and oxygen atoms in total. The number of rotatable bonds is 5. The molecule has 0 atom stereocenters. The van der Waals surface area contributed by atoms with Gasteiger partial charge in [-0.1, -0.05) is 35.6 Å². The summed E-state index contributed by atoms with van der Waals surface area (Å²) < 4.78 is 12.6. The van der Waals surface area contributed by atoms with Crippen LogP contribution in [0.4, 0.5) is 0 Å². The smallest absolute Gasteiger partial charge is 0.234 e. The van der Waals surface area contributed by atoms with E-state index >= 15 is 0 Å². The van der Waals surface area contributed by atoms with Crippen LogP contribution in [-0.2, 0) is 6.42 Å². The Morgan fingerprint density at radius 2 is 1.80 bits per heavy atom. The maximum Gasteiger partial charge on any atom is 0.234 e. The van der Waals surface area contributed by atoms with E-state index in [0.29, 0.717) is 17.9 Å². The zero-order valence-electron chi connectivity index (χ0n) is 16.8. The minimum absolute atomic E-state index is 0.584. The lowest BCUT2D eigenvalue weighted by molar-refractivity contribution is 0.354. The van der Waals surface area contributed by atoms with Gasteiger partial charge in [0.2, 0.25) is 4.96 Å². The highest BCUT2D eigenvalue weighted by molar-refractivity contribution is 7.19. The molecule has 0 saturated heterocycles. The number of hydrogen-bond acceptors (Lipinski definition) is 7. The second kappa shape index (κ2) is 7.38. The molecular formula is C22H19N5O2S. The van der Waals surface area contributed by atoms with E-state index in [4.69, 9.17) is 14.6 Å². The van der Waals surface area contributed by atoms with Gasteiger partial charge >= 0.3 is 0 Å². The van der Waals surface area contributed by atoms with E-state index in [-0.39, 0.29) is 0 Å². The van der Waals surface area contributed by atoms with Gasteiger partial charge in [-0.25, -0.2) is 0 Å². The van der Waals surface area contributed by atoms with E-state index in [9.17, 15) is 0 Å². The summed E-state index contributed by atoms with van der Waals surface area (Å²) in [5.74, 6) is 2.16. The van der Waals surface area contributed by atoms with E-state index in [1.54, 1.807) is 14.2 Å². The van der Waals surface area contributed by atoms with Gasteiger partial charge in [0.15, 0.2) is 17.3 Å². The highest BCUT2D eigenvalue weighted by Crippen LogP contribution is 2.32. The van der Waals surface area contributed by atoms with Gasteiger partial charge in [-0.05, 0) is 36.8 Å². The van der Waals surface area contributed by atoms with Gasteiger partial charge in [0.1, 0.15) is 5.01 Å². The second-order valence-electron chi connectivity index (χ2n) is 6.91. The van der Waals surface area contributed by atoms with Gasteiger partial charge < -0.3 is 9.47 Å². The Bertz CT molecular complexity index is 1380. The number of fused-ring (bicyclic) bond motifs is 2. The lowest BCUT2D eigenvalue weighted by atomic mass is 10.1. The van der Waals surface area contributed by atoms with Crippen LogP contribution in [0.1, 0.15) is 17.1 Å². The van der Waals surface area contributed by atoms with Crippen LogP contribution in [0, 0.1) is 6.92 Å². The number of hydrogen-bond donors (Lipinski definition) is 0.